The number of fused-ring (bicyclic) bond motifs is 1. The minimum absolute atomic E-state index is 0.0357. The van der Waals surface area contributed by atoms with Crippen molar-refractivity contribution in [2.75, 3.05) is 6.61 Å². The first kappa shape index (κ1) is 21.4. The van der Waals surface area contributed by atoms with Gasteiger partial charge < -0.3 is 13.9 Å². The normalized spacial score (nSPS) is 12.1. The molecule has 1 aromatic heterocycles. The summed E-state index contributed by atoms with van der Waals surface area (Å²) in [5, 5.41) is -0.0357. The fraction of sp³-hybridized carbons (Fsp3) is 0.273. The van der Waals surface area contributed by atoms with Crippen LogP contribution >= 0.6 is 0 Å². The van der Waals surface area contributed by atoms with Crippen LogP contribution in [0.3, 0.4) is 0 Å². The fourth-order valence-electron chi connectivity index (χ4n) is 2.84. The second-order valence-corrected chi connectivity index (χ2v) is 7.53. The largest absolute Gasteiger partial charge is 0.482 e. The van der Waals surface area contributed by atoms with Crippen LogP contribution in [0.25, 0.3) is 22.1 Å². The van der Waals surface area contributed by atoms with Gasteiger partial charge in [0.05, 0.1) is 10.9 Å². The van der Waals surface area contributed by atoms with Gasteiger partial charge in [0.25, 0.3) is 0 Å². The standard InChI is InChI=1S/C22H19F3O5/c1-21(2,3)30-17(26)12-28-14-9-10-15-16(11-14)29-20(22(23,24)25)18(19(15)27)13-7-5-4-6-8-13/h4-11H,12H2,1-3H3. The molecule has 0 unspecified atom stereocenters. The molecule has 0 spiro atoms. The van der Waals surface area contributed by atoms with Crippen LogP contribution in [-0.4, -0.2) is 18.2 Å². The Labute approximate surface area is 170 Å². The van der Waals surface area contributed by atoms with E-state index in [0.29, 0.717) is 0 Å². The maximum atomic E-state index is 13.6. The van der Waals surface area contributed by atoms with Crippen molar-refractivity contribution >= 4 is 16.9 Å². The molecule has 0 aliphatic carbocycles. The molecular weight excluding hydrogens is 401 g/mol. The smallest absolute Gasteiger partial charge is 0.450 e. The molecule has 0 radical (unpaired) electrons. The highest BCUT2D eigenvalue weighted by Crippen LogP contribution is 2.37. The quantitative estimate of drug-likeness (QED) is 0.543. The lowest BCUT2D eigenvalue weighted by Crippen LogP contribution is -2.27. The summed E-state index contributed by atoms with van der Waals surface area (Å²) in [6.45, 7) is 4.64. The topological polar surface area (TPSA) is 65.7 Å². The average molecular weight is 420 g/mol. The lowest BCUT2D eigenvalue weighted by Gasteiger charge is -2.19. The number of carbonyl (C=O) groups is 1. The minimum atomic E-state index is -4.88. The summed E-state index contributed by atoms with van der Waals surface area (Å²) in [6, 6.07) is 11.3. The summed E-state index contributed by atoms with van der Waals surface area (Å²) in [4.78, 5) is 24.6. The SMILES string of the molecule is CC(C)(C)OC(=O)COc1ccc2c(=O)c(-c3ccccc3)c(C(F)(F)F)oc2c1. The van der Waals surface area contributed by atoms with Crippen molar-refractivity contribution in [1.82, 2.24) is 0 Å². The Kier molecular flexibility index (Phi) is 5.61. The number of carbonyl (C=O) groups excluding carboxylic acids is 1. The number of hydrogen-bond acceptors (Lipinski definition) is 5. The molecule has 0 aliphatic heterocycles. The van der Waals surface area contributed by atoms with Crippen LogP contribution in [0, 0.1) is 0 Å². The van der Waals surface area contributed by atoms with Gasteiger partial charge in [0, 0.05) is 6.07 Å². The molecule has 3 aromatic rings. The van der Waals surface area contributed by atoms with Crippen molar-refractivity contribution in [2.45, 2.75) is 32.5 Å². The third-order valence-electron chi connectivity index (χ3n) is 3.96. The highest BCUT2D eigenvalue weighted by Gasteiger charge is 2.39. The predicted molar refractivity (Wildman–Crippen MR) is 104 cm³/mol. The number of halogens is 3. The van der Waals surface area contributed by atoms with E-state index in [-0.39, 0.29) is 22.3 Å². The van der Waals surface area contributed by atoms with E-state index in [0.717, 1.165) is 6.07 Å². The molecule has 30 heavy (non-hydrogen) atoms. The summed E-state index contributed by atoms with van der Waals surface area (Å²) >= 11 is 0. The van der Waals surface area contributed by atoms with Crippen molar-refractivity contribution in [2.24, 2.45) is 0 Å². The molecule has 0 N–H and O–H groups in total. The van der Waals surface area contributed by atoms with E-state index >= 15 is 0 Å². The molecule has 0 bridgehead atoms. The summed E-state index contributed by atoms with van der Waals surface area (Å²) in [7, 11) is 0. The summed E-state index contributed by atoms with van der Waals surface area (Å²) < 4.78 is 56.4. The van der Waals surface area contributed by atoms with E-state index in [4.69, 9.17) is 13.9 Å². The van der Waals surface area contributed by atoms with E-state index in [1.807, 2.05) is 0 Å². The Morgan fingerprint density at radius 2 is 1.70 bits per heavy atom. The molecule has 8 heteroatoms. The number of esters is 1. The van der Waals surface area contributed by atoms with Crippen LogP contribution < -0.4 is 10.2 Å². The molecule has 2 aromatic carbocycles. The third-order valence-corrected chi connectivity index (χ3v) is 3.96. The Balaban J connectivity index is 2.03. The number of benzene rings is 2. The van der Waals surface area contributed by atoms with Gasteiger partial charge >= 0.3 is 12.1 Å². The predicted octanol–water partition coefficient (Wildman–Crippen LogP) is 5.20. The van der Waals surface area contributed by atoms with Crippen LogP contribution in [0.5, 0.6) is 5.75 Å². The first-order valence-corrected chi connectivity index (χ1v) is 9.04. The van der Waals surface area contributed by atoms with Gasteiger partial charge in [-0.05, 0) is 38.5 Å². The highest BCUT2D eigenvalue weighted by molar-refractivity contribution is 5.84. The lowest BCUT2D eigenvalue weighted by molar-refractivity contribution is -0.157. The molecule has 1 heterocycles. The minimum Gasteiger partial charge on any atom is -0.482 e. The van der Waals surface area contributed by atoms with Crippen LogP contribution in [0.15, 0.2) is 57.7 Å². The Morgan fingerprint density at radius 3 is 2.30 bits per heavy atom. The molecular formula is C22H19F3O5. The van der Waals surface area contributed by atoms with Gasteiger partial charge in [-0.1, -0.05) is 30.3 Å². The summed E-state index contributed by atoms with van der Waals surface area (Å²) in [6.07, 6.45) is -4.88. The van der Waals surface area contributed by atoms with E-state index in [1.165, 1.54) is 36.4 Å². The molecule has 3 rings (SSSR count). The van der Waals surface area contributed by atoms with Crippen molar-refractivity contribution in [3.63, 3.8) is 0 Å². The average Bonchev–Trinajstić information content (AvgIpc) is 2.64. The first-order chi connectivity index (χ1) is 14.0. The Hall–Kier alpha value is -3.29. The molecule has 0 aliphatic rings. The lowest BCUT2D eigenvalue weighted by atomic mass is 10.0. The molecule has 0 saturated carbocycles. The molecule has 0 atom stereocenters. The number of rotatable bonds is 4. The Morgan fingerprint density at radius 1 is 1.03 bits per heavy atom. The zero-order chi connectivity index (χ0) is 22.1. The van der Waals surface area contributed by atoms with Crippen LogP contribution in [0.1, 0.15) is 26.5 Å². The third kappa shape index (κ3) is 4.82. The maximum absolute atomic E-state index is 13.6. The van der Waals surface area contributed by atoms with Crippen molar-refractivity contribution in [1.29, 1.82) is 0 Å². The van der Waals surface area contributed by atoms with E-state index < -0.39 is 41.1 Å². The highest BCUT2D eigenvalue weighted by atomic mass is 19.4. The van der Waals surface area contributed by atoms with Gasteiger partial charge in [0.2, 0.25) is 11.2 Å². The molecule has 158 valence electrons. The monoisotopic (exact) mass is 420 g/mol. The molecule has 0 amide bonds. The van der Waals surface area contributed by atoms with Crippen LogP contribution in [0.2, 0.25) is 0 Å². The van der Waals surface area contributed by atoms with Crippen LogP contribution in [0.4, 0.5) is 13.2 Å². The van der Waals surface area contributed by atoms with Gasteiger partial charge in [-0.25, -0.2) is 4.79 Å². The number of ether oxygens (including phenoxy) is 2. The van der Waals surface area contributed by atoms with Gasteiger partial charge in [-0.15, -0.1) is 0 Å². The zero-order valence-electron chi connectivity index (χ0n) is 16.5. The van der Waals surface area contributed by atoms with Crippen molar-refractivity contribution in [3.05, 3.63) is 64.5 Å². The fourth-order valence-corrected chi connectivity index (χ4v) is 2.84. The second-order valence-electron chi connectivity index (χ2n) is 7.53. The van der Waals surface area contributed by atoms with Crippen molar-refractivity contribution < 1.29 is 31.9 Å². The van der Waals surface area contributed by atoms with E-state index in [2.05, 4.69) is 0 Å². The van der Waals surface area contributed by atoms with Crippen molar-refractivity contribution in [3.8, 4) is 16.9 Å². The first-order valence-electron chi connectivity index (χ1n) is 9.04. The summed E-state index contributed by atoms with van der Waals surface area (Å²) in [5.74, 6) is -1.97. The second kappa shape index (κ2) is 7.85. The Bertz CT molecular complexity index is 1130. The molecule has 5 nitrogen and oxygen atoms in total. The maximum Gasteiger partial charge on any atom is 0.450 e. The van der Waals surface area contributed by atoms with E-state index in [9.17, 15) is 22.8 Å². The zero-order valence-corrected chi connectivity index (χ0v) is 16.5. The number of hydrogen-bond donors (Lipinski definition) is 0. The van der Waals surface area contributed by atoms with E-state index in [1.54, 1.807) is 26.8 Å². The molecule has 0 fully saturated rings. The summed E-state index contributed by atoms with van der Waals surface area (Å²) in [5.41, 5.74) is -2.27. The van der Waals surface area contributed by atoms with Gasteiger partial charge in [0.1, 0.15) is 16.9 Å². The van der Waals surface area contributed by atoms with Gasteiger partial charge in [-0.2, -0.15) is 13.2 Å². The van der Waals surface area contributed by atoms with Gasteiger partial charge in [-0.3, -0.25) is 4.79 Å². The van der Waals surface area contributed by atoms with Gasteiger partial charge in [0.15, 0.2) is 6.61 Å². The number of alkyl halides is 3. The molecule has 0 saturated heterocycles. The van der Waals surface area contributed by atoms with Crippen LogP contribution in [-0.2, 0) is 15.7 Å².